The van der Waals surface area contributed by atoms with Crippen molar-refractivity contribution in [3.8, 4) is 5.75 Å². The Labute approximate surface area is 126 Å². The van der Waals surface area contributed by atoms with Crippen molar-refractivity contribution in [2.45, 2.75) is 18.9 Å². The second kappa shape index (κ2) is 6.46. The van der Waals surface area contributed by atoms with Gasteiger partial charge in [0.2, 0.25) is 0 Å². The molecule has 0 fully saturated rings. The first-order valence-electron chi connectivity index (χ1n) is 6.48. The molecule has 1 aliphatic carbocycles. The van der Waals surface area contributed by atoms with Crippen LogP contribution in [0.2, 0.25) is 0 Å². The van der Waals surface area contributed by atoms with Crippen LogP contribution in [-0.4, -0.2) is 31.9 Å². The van der Waals surface area contributed by atoms with E-state index in [-0.39, 0.29) is 35.6 Å². The zero-order chi connectivity index (χ0) is 16.3. The van der Waals surface area contributed by atoms with Crippen molar-refractivity contribution >= 4 is 13.5 Å². The van der Waals surface area contributed by atoms with E-state index in [1.807, 2.05) is 5.09 Å². The highest BCUT2D eigenvalue weighted by molar-refractivity contribution is 7.49. The Bertz CT molecular complexity index is 690. The first-order chi connectivity index (χ1) is 10.2. The van der Waals surface area contributed by atoms with Gasteiger partial charge in [-0.05, 0) is 23.8 Å². The van der Waals surface area contributed by atoms with E-state index >= 15 is 0 Å². The van der Waals surface area contributed by atoms with Crippen LogP contribution in [0.3, 0.4) is 0 Å². The molecule has 1 unspecified atom stereocenters. The molecule has 2 rings (SSSR count). The second-order valence-electron chi connectivity index (χ2n) is 4.96. The van der Waals surface area contributed by atoms with Gasteiger partial charge in [-0.3, -0.25) is 9.88 Å². The summed E-state index contributed by atoms with van der Waals surface area (Å²) in [7, 11) is -4.57. The predicted molar refractivity (Wildman–Crippen MR) is 78.8 cm³/mol. The summed E-state index contributed by atoms with van der Waals surface area (Å²) in [5, 5.41) is 21.7. The predicted octanol–water partition coefficient (Wildman–Crippen LogP) is 0.761. The van der Waals surface area contributed by atoms with Crippen LogP contribution in [0.1, 0.15) is 12.0 Å². The number of aromatic hydroxyl groups is 1. The van der Waals surface area contributed by atoms with Crippen LogP contribution in [0.15, 0.2) is 47.7 Å². The Morgan fingerprint density at radius 1 is 1.27 bits per heavy atom. The van der Waals surface area contributed by atoms with Crippen molar-refractivity contribution in [3.63, 3.8) is 0 Å². The van der Waals surface area contributed by atoms with E-state index in [0.717, 1.165) is 0 Å². The number of nitrogens with one attached hydrogen (secondary N) is 1. The molecule has 22 heavy (non-hydrogen) atoms. The molecule has 8 heteroatoms. The maximum atomic E-state index is 11.4. The molecule has 1 aromatic rings. The summed E-state index contributed by atoms with van der Waals surface area (Å²) in [6, 6.07) is 6.31. The van der Waals surface area contributed by atoms with Gasteiger partial charge in [0.05, 0.1) is 12.5 Å². The summed E-state index contributed by atoms with van der Waals surface area (Å²) >= 11 is 0. The number of allylic oxidation sites excluding steroid dienone is 2. The number of carbonyl (C=O) groups excluding carboxylic acids is 1. The number of benzene rings is 1. The number of hydrogen-bond acceptors (Lipinski definition) is 4. The maximum Gasteiger partial charge on any atom is 0.427 e. The summed E-state index contributed by atoms with van der Waals surface area (Å²) in [4.78, 5) is 29.4. The van der Waals surface area contributed by atoms with E-state index in [0.29, 0.717) is 5.56 Å². The number of hydrogen-bond donors (Lipinski definition) is 5. The van der Waals surface area contributed by atoms with Gasteiger partial charge in [-0.2, -0.15) is 0 Å². The number of rotatable bonds is 5. The fourth-order valence-electron chi connectivity index (χ4n) is 2.23. The van der Waals surface area contributed by atoms with E-state index in [1.165, 1.54) is 24.3 Å². The van der Waals surface area contributed by atoms with Gasteiger partial charge in [0.1, 0.15) is 5.75 Å². The lowest BCUT2D eigenvalue weighted by atomic mass is 9.94. The molecule has 0 aliphatic heterocycles. The summed E-state index contributed by atoms with van der Waals surface area (Å²) < 4.78 is 11.1. The smallest absolute Gasteiger partial charge is 0.427 e. The highest BCUT2D eigenvalue weighted by Crippen LogP contribution is 2.34. The number of phenolic OH excluding ortho intramolecular Hbond substituents is 1. The third-order valence-electron chi connectivity index (χ3n) is 3.13. The van der Waals surface area contributed by atoms with Crippen molar-refractivity contribution in [2.75, 3.05) is 0 Å². The molecule has 0 bridgehead atoms. The molecular formula is C14H16NO6P. The van der Waals surface area contributed by atoms with Crippen LogP contribution in [0.4, 0.5) is 0 Å². The normalized spacial score (nSPS) is 16.8. The molecular weight excluding hydrogens is 309 g/mol. The second-order valence-corrected chi connectivity index (χ2v) is 6.27. The van der Waals surface area contributed by atoms with Gasteiger partial charge >= 0.3 is 7.75 Å². The van der Waals surface area contributed by atoms with Crippen molar-refractivity contribution in [1.29, 1.82) is 0 Å². The highest BCUT2D eigenvalue weighted by Gasteiger charge is 2.24. The van der Waals surface area contributed by atoms with Crippen molar-refractivity contribution < 1.29 is 29.4 Å². The fourth-order valence-corrected chi connectivity index (χ4v) is 2.79. The Hall–Kier alpha value is -1.92. The lowest BCUT2D eigenvalue weighted by molar-refractivity contribution is -0.114. The fraction of sp³-hybridized carbons (Fsp3) is 0.214. The molecule has 5 N–H and O–H groups in total. The molecule has 1 atom stereocenters. The van der Waals surface area contributed by atoms with Gasteiger partial charge < -0.3 is 20.0 Å². The first-order valence-corrected chi connectivity index (χ1v) is 8.09. The van der Waals surface area contributed by atoms with Gasteiger partial charge in [0, 0.05) is 17.7 Å². The summed E-state index contributed by atoms with van der Waals surface area (Å²) in [5.74, 6) is -0.258. The van der Waals surface area contributed by atoms with E-state index in [1.54, 1.807) is 12.1 Å². The van der Waals surface area contributed by atoms with Crippen LogP contribution >= 0.6 is 7.75 Å². The van der Waals surface area contributed by atoms with Gasteiger partial charge in [-0.25, -0.2) is 4.57 Å². The quantitative estimate of drug-likeness (QED) is 0.506. The molecule has 0 radical (unpaired) electrons. The number of aliphatic hydroxyl groups excluding tert-OH is 1. The average molecular weight is 325 g/mol. The van der Waals surface area contributed by atoms with Crippen LogP contribution in [0.25, 0.3) is 0 Å². The van der Waals surface area contributed by atoms with Crippen molar-refractivity contribution in [1.82, 2.24) is 5.09 Å². The standard InChI is InChI=1S/C14H16NO6P/c16-10-3-1-2-9(6-10)7-14(18)12-5-4-11(17)8-13(12)15-22(19,20)21/h1-6,14,16,18H,7-8H2,(H3,15,19,20,21). The number of carbonyl (C=O) groups is 1. The minimum Gasteiger partial charge on any atom is -0.508 e. The molecule has 1 aromatic carbocycles. The summed E-state index contributed by atoms with van der Waals surface area (Å²) in [5.41, 5.74) is 0.903. The summed E-state index contributed by atoms with van der Waals surface area (Å²) in [6.07, 6.45) is 1.45. The maximum absolute atomic E-state index is 11.4. The zero-order valence-electron chi connectivity index (χ0n) is 11.5. The zero-order valence-corrected chi connectivity index (χ0v) is 12.4. The van der Waals surface area contributed by atoms with Crippen molar-refractivity contribution in [2.24, 2.45) is 0 Å². The van der Waals surface area contributed by atoms with Gasteiger partial charge in [0.15, 0.2) is 5.78 Å². The Morgan fingerprint density at radius 3 is 2.64 bits per heavy atom. The minimum atomic E-state index is -4.57. The molecule has 118 valence electrons. The third kappa shape index (κ3) is 4.54. The molecule has 0 aromatic heterocycles. The van der Waals surface area contributed by atoms with Gasteiger partial charge in [-0.15, -0.1) is 0 Å². The van der Waals surface area contributed by atoms with Crippen LogP contribution in [-0.2, 0) is 15.8 Å². The van der Waals surface area contributed by atoms with Gasteiger partial charge in [0.25, 0.3) is 0 Å². The van der Waals surface area contributed by atoms with E-state index in [2.05, 4.69) is 0 Å². The van der Waals surface area contributed by atoms with Gasteiger partial charge in [-0.1, -0.05) is 18.2 Å². The van der Waals surface area contributed by atoms with E-state index < -0.39 is 13.9 Å². The number of phenols is 1. The summed E-state index contributed by atoms with van der Waals surface area (Å²) in [6.45, 7) is 0. The SMILES string of the molecule is O=C1C=CC(C(O)Cc2cccc(O)c2)=C(NP(=O)(O)O)C1. The van der Waals surface area contributed by atoms with Crippen LogP contribution in [0, 0.1) is 0 Å². The van der Waals surface area contributed by atoms with E-state index in [9.17, 15) is 19.6 Å². The van der Waals surface area contributed by atoms with Crippen LogP contribution < -0.4 is 5.09 Å². The first kappa shape index (κ1) is 16.5. The van der Waals surface area contributed by atoms with E-state index in [4.69, 9.17) is 9.79 Å². The highest BCUT2D eigenvalue weighted by atomic mass is 31.2. The number of aliphatic hydroxyl groups is 1. The number of ketones is 1. The molecule has 0 heterocycles. The van der Waals surface area contributed by atoms with Crippen LogP contribution in [0.5, 0.6) is 5.75 Å². The Morgan fingerprint density at radius 2 is 2.00 bits per heavy atom. The lowest BCUT2D eigenvalue weighted by Gasteiger charge is -2.21. The molecule has 0 spiro atoms. The largest absolute Gasteiger partial charge is 0.508 e. The topological polar surface area (TPSA) is 127 Å². The minimum absolute atomic E-state index is 0.00786. The molecule has 0 saturated carbocycles. The van der Waals surface area contributed by atoms with Crippen molar-refractivity contribution in [3.05, 3.63) is 53.3 Å². The Balaban J connectivity index is 2.25. The molecule has 0 amide bonds. The average Bonchev–Trinajstić information content (AvgIpc) is 2.36. The lowest BCUT2D eigenvalue weighted by Crippen LogP contribution is -2.24. The molecule has 0 saturated heterocycles. The molecule has 1 aliphatic rings. The monoisotopic (exact) mass is 325 g/mol. The Kier molecular flexibility index (Phi) is 4.83. The molecule has 7 nitrogen and oxygen atoms in total. The third-order valence-corrected chi connectivity index (χ3v) is 3.69.